The Kier molecular flexibility index (Phi) is 4.59. The number of nitrogens with one attached hydrogen (secondary N) is 3. The normalized spacial score (nSPS) is 9.90. The van der Waals surface area contributed by atoms with Gasteiger partial charge in [0.2, 0.25) is 11.0 Å². The van der Waals surface area contributed by atoms with Crippen LogP contribution >= 0.6 is 23.6 Å². The summed E-state index contributed by atoms with van der Waals surface area (Å²) in [5.41, 5.74) is 1.56. The summed E-state index contributed by atoms with van der Waals surface area (Å²) in [7, 11) is 0. The van der Waals surface area contributed by atoms with Crippen LogP contribution in [-0.4, -0.2) is 21.2 Å². The minimum Gasteiger partial charge on any atom is -0.332 e. The van der Waals surface area contributed by atoms with Gasteiger partial charge in [-0.1, -0.05) is 11.3 Å². The molecule has 0 fully saturated rings. The maximum Gasteiger partial charge on any atom is 0.221 e. The fourth-order valence-electron chi connectivity index (χ4n) is 1.45. The van der Waals surface area contributed by atoms with E-state index in [4.69, 9.17) is 12.2 Å². The van der Waals surface area contributed by atoms with Gasteiger partial charge in [-0.2, -0.15) is 0 Å². The summed E-state index contributed by atoms with van der Waals surface area (Å²) in [6.45, 7) is 3.34. The molecule has 6 nitrogen and oxygen atoms in total. The van der Waals surface area contributed by atoms with Crippen LogP contribution < -0.4 is 16.0 Å². The van der Waals surface area contributed by atoms with Gasteiger partial charge in [-0.3, -0.25) is 4.79 Å². The highest BCUT2D eigenvalue weighted by atomic mass is 32.1. The van der Waals surface area contributed by atoms with Gasteiger partial charge >= 0.3 is 0 Å². The molecule has 0 saturated heterocycles. The number of carbonyl (C=O) groups is 1. The number of benzene rings is 1. The number of thiocarbonyl (C=S) groups is 1. The molecular formula is C12H13N5OS2. The monoisotopic (exact) mass is 307 g/mol. The molecule has 1 aromatic heterocycles. The standard InChI is InChI=1S/C12H13N5OS2/c1-7(18)13-9-3-5-10(6-4-9)14-11(19)15-12-17-16-8(2)20-12/h3-6H,1-2H3,(H,13,18)(H2,14,15,17,19). The highest BCUT2D eigenvalue weighted by Crippen LogP contribution is 2.16. The van der Waals surface area contributed by atoms with Gasteiger partial charge in [0.15, 0.2) is 5.11 Å². The Balaban J connectivity index is 1.92. The van der Waals surface area contributed by atoms with Crippen LogP contribution in [0.4, 0.5) is 16.5 Å². The lowest BCUT2D eigenvalue weighted by Gasteiger charge is -2.09. The zero-order chi connectivity index (χ0) is 14.5. The molecule has 0 unspecified atom stereocenters. The van der Waals surface area contributed by atoms with E-state index in [-0.39, 0.29) is 5.91 Å². The first-order valence-corrected chi connectivity index (χ1v) is 7.01. The van der Waals surface area contributed by atoms with Gasteiger partial charge in [0.1, 0.15) is 5.01 Å². The van der Waals surface area contributed by atoms with Crippen molar-refractivity contribution in [3.63, 3.8) is 0 Å². The van der Waals surface area contributed by atoms with Crippen molar-refractivity contribution in [2.45, 2.75) is 13.8 Å². The van der Waals surface area contributed by atoms with E-state index >= 15 is 0 Å². The largest absolute Gasteiger partial charge is 0.332 e. The molecule has 1 aromatic carbocycles. The average Bonchev–Trinajstić information content (AvgIpc) is 2.76. The number of carbonyl (C=O) groups excluding carboxylic acids is 1. The predicted octanol–water partition coefficient (Wildman–Crippen LogP) is 2.61. The molecule has 0 aliphatic rings. The third-order valence-corrected chi connectivity index (χ3v) is 3.17. The smallest absolute Gasteiger partial charge is 0.221 e. The van der Waals surface area contributed by atoms with Crippen LogP contribution in [0, 0.1) is 6.92 Å². The Morgan fingerprint density at radius 2 is 1.70 bits per heavy atom. The molecule has 8 heteroatoms. The molecule has 2 rings (SSSR count). The van der Waals surface area contributed by atoms with Crippen LogP contribution in [0.25, 0.3) is 0 Å². The number of aryl methyl sites for hydroxylation is 1. The molecule has 0 atom stereocenters. The zero-order valence-electron chi connectivity index (χ0n) is 10.9. The highest BCUT2D eigenvalue weighted by molar-refractivity contribution is 7.80. The molecule has 0 aliphatic carbocycles. The topological polar surface area (TPSA) is 78.9 Å². The second-order valence-electron chi connectivity index (χ2n) is 3.96. The summed E-state index contributed by atoms with van der Waals surface area (Å²) in [4.78, 5) is 10.9. The Morgan fingerprint density at radius 1 is 1.10 bits per heavy atom. The van der Waals surface area contributed by atoms with Crippen LogP contribution in [0.2, 0.25) is 0 Å². The van der Waals surface area contributed by atoms with E-state index < -0.39 is 0 Å². The summed E-state index contributed by atoms with van der Waals surface area (Å²) < 4.78 is 0. The molecule has 1 heterocycles. The first-order chi connectivity index (χ1) is 9.52. The van der Waals surface area contributed by atoms with E-state index in [2.05, 4.69) is 26.1 Å². The molecule has 3 N–H and O–H groups in total. The summed E-state index contributed by atoms with van der Waals surface area (Å²) in [5, 5.41) is 18.5. The van der Waals surface area contributed by atoms with E-state index in [0.29, 0.717) is 10.2 Å². The Hall–Kier alpha value is -2.06. The molecule has 0 saturated carbocycles. The summed E-state index contributed by atoms with van der Waals surface area (Å²) in [5.74, 6) is -0.102. The van der Waals surface area contributed by atoms with Crippen molar-refractivity contribution in [2.75, 3.05) is 16.0 Å². The number of rotatable bonds is 3. The first-order valence-electron chi connectivity index (χ1n) is 5.79. The number of nitrogens with zero attached hydrogens (tertiary/aromatic N) is 2. The first kappa shape index (κ1) is 14.4. The van der Waals surface area contributed by atoms with Crippen molar-refractivity contribution >= 4 is 51.1 Å². The molecular weight excluding hydrogens is 294 g/mol. The van der Waals surface area contributed by atoms with Crippen LogP contribution in [-0.2, 0) is 4.79 Å². The molecule has 0 spiro atoms. The van der Waals surface area contributed by atoms with Crippen LogP contribution in [0.3, 0.4) is 0 Å². The fraction of sp³-hybridized carbons (Fsp3) is 0.167. The SMILES string of the molecule is CC(=O)Nc1ccc(NC(=S)Nc2nnc(C)s2)cc1. The van der Waals surface area contributed by atoms with E-state index in [1.165, 1.54) is 18.3 Å². The Labute approximate surface area is 125 Å². The lowest BCUT2D eigenvalue weighted by Crippen LogP contribution is -2.18. The van der Waals surface area contributed by atoms with Crippen molar-refractivity contribution in [1.29, 1.82) is 0 Å². The number of aromatic nitrogens is 2. The molecule has 1 amide bonds. The van der Waals surface area contributed by atoms with E-state index in [1.54, 1.807) is 12.1 Å². The van der Waals surface area contributed by atoms with Crippen molar-refractivity contribution in [1.82, 2.24) is 10.2 Å². The van der Waals surface area contributed by atoms with Crippen molar-refractivity contribution in [3.05, 3.63) is 29.3 Å². The van der Waals surface area contributed by atoms with Crippen molar-refractivity contribution in [3.8, 4) is 0 Å². The van der Waals surface area contributed by atoms with Crippen LogP contribution in [0.5, 0.6) is 0 Å². The predicted molar refractivity (Wildman–Crippen MR) is 85.2 cm³/mol. The summed E-state index contributed by atoms with van der Waals surface area (Å²) >= 11 is 6.60. The van der Waals surface area contributed by atoms with Gasteiger partial charge in [0.25, 0.3) is 0 Å². The van der Waals surface area contributed by atoms with Gasteiger partial charge in [0.05, 0.1) is 0 Å². The molecule has 0 aliphatic heterocycles. The minimum absolute atomic E-state index is 0.102. The van der Waals surface area contributed by atoms with E-state index in [1.807, 2.05) is 19.1 Å². The van der Waals surface area contributed by atoms with Gasteiger partial charge in [-0.25, -0.2) is 0 Å². The molecule has 0 bridgehead atoms. The van der Waals surface area contributed by atoms with Gasteiger partial charge < -0.3 is 16.0 Å². The summed E-state index contributed by atoms with van der Waals surface area (Å²) in [6.07, 6.45) is 0. The quantitative estimate of drug-likeness (QED) is 0.757. The lowest BCUT2D eigenvalue weighted by atomic mass is 10.3. The molecule has 0 radical (unpaired) electrons. The third kappa shape index (κ3) is 4.25. The molecule has 2 aromatic rings. The zero-order valence-corrected chi connectivity index (χ0v) is 12.6. The second kappa shape index (κ2) is 6.40. The fourth-order valence-corrected chi connectivity index (χ4v) is 2.32. The van der Waals surface area contributed by atoms with Crippen LogP contribution in [0.1, 0.15) is 11.9 Å². The third-order valence-electron chi connectivity index (χ3n) is 2.21. The summed E-state index contributed by atoms with van der Waals surface area (Å²) in [6, 6.07) is 7.23. The second-order valence-corrected chi connectivity index (χ2v) is 5.55. The maximum absolute atomic E-state index is 10.9. The molecule has 20 heavy (non-hydrogen) atoms. The minimum atomic E-state index is -0.102. The van der Waals surface area contributed by atoms with Crippen molar-refractivity contribution < 1.29 is 4.79 Å². The lowest BCUT2D eigenvalue weighted by molar-refractivity contribution is -0.114. The van der Waals surface area contributed by atoms with Crippen LogP contribution in [0.15, 0.2) is 24.3 Å². The van der Waals surface area contributed by atoms with Gasteiger partial charge in [-0.05, 0) is 43.4 Å². The Bertz CT molecular complexity index is 623. The highest BCUT2D eigenvalue weighted by Gasteiger charge is 2.03. The van der Waals surface area contributed by atoms with Gasteiger partial charge in [0, 0.05) is 18.3 Å². The van der Waals surface area contributed by atoms with Crippen molar-refractivity contribution in [2.24, 2.45) is 0 Å². The number of hydrogen-bond acceptors (Lipinski definition) is 5. The molecule has 104 valence electrons. The van der Waals surface area contributed by atoms with E-state index in [0.717, 1.165) is 16.4 Å². The van der Waals surface area contributed by atoms with Gasteiger partial charge in [-0.15, -0.1) is 10.2 Å². The maximum atomic E-state index is 10.9. The number of amides is 1. The Morgan fingerprint density at radius 3 is 2.20 bits per heavy atom. The number of anilines is 3. The average molecular weight is 307 g/mol. The van der Waals surface area contributed by atoms with E-state index in [9.17, 15) is 4.79 Å². The number of hydrogen-bond donors (Lipinski definition) is 3.